The van der Waals surface area contributed by atoms with Gasteiger partial charge >= 0.3 is 0 Å². The van der Waals surface area contributed by atoms with Crippen LogP contribution >= 0.6 is 0 Å². The number of hydrogen-bond acceptors (Lipinski definition) is 4. The molecule has 0 unspecified atom stereocenters. The van der Waals surface area contributed by atoms with Crippen LogP contribution in [0.25, 0.3) is 0 Å². The first-order chi connectivity index (χ1) is 10.2. The van der Waals surface area contributed by atoms with Crippen molar-refractivity contribution in [3.8, 4) is 5.75 Å². The van der Waals surface area contributed by atoms with Gasteiger partial charge in [0.2, 0.25) is 0 Å². The van der Waals surface area contributed by atoms with Crippen molar-refractivity contribution >= 4 is 0 Å². The highest BCUT2D eigenvalue weighted by atomic mass is 16.5. The fourth-order valence-corrected chi connectivity index (χ4v) is 2.21. The van der Waals surface area contributed by atoms with Crippen LogP contribution in [0.5, 0.6) is 5.75 Å². The molecule has 0 amide bonds. The van der Waals surface area contributed by atoms with Crippen LogP contribution in [0.1, 0.15) is 17.1 Å². The number of likely N-dealkylation sites (N-methyl/N-ethyl adjacent to an activating group) is 1. The first-order valence-corrected chi connectivity index (χ1v) is 7.28. The van der Waals surface area contributed by atoms with Gasteiger partial charge in [0, 0.05) is 18.7 Å². The van der Waals surface area contributed by atoms with E-state index in [1.54, 1.807) is 0 Å². The minimum atomic E-state index is 0.664. The lowest BCUT2D eigenvalue weighted by Gasteiger charge is -2.17. The van der Waals surface area contributed by atoms with Crippen molar-refractivity contribution in [1.82, 2.24) is 10.2 Å². The van der Waals surface area contributed by atoms with E-state index >= 15 is 0 Å². The predicted octanol–water partition coefficient (Wildman–Crippen LogP) is 2.82. The van der Waals surface area contributed by atoms with Gasteiger partial charge in [0.1, 0.15) is 23.9 Å². The SMILES string of the molecule is CNCc1ccccc1OCCN(C)Cc1ccc(C)o1. The predicted molar refractivity (Wildman–Crippen MR) is 84.5 cm³/mol. The molecular formula is C17H24N2O2. The van der Waals surface area contributed by atoms with Crippen LogP contribution in [0.15, 0.2) is 40.8 Å². The molecule has 0 aliphatic carbocycles. The van der Waals surface area contributed by atoms with Gasteiger partial charge in [0.25, 0.3) is 0 Å². The van der Waals surface area contributed by atoms with Crippen LogP contribution in [0.4, 0.5) is 0 Å². The van der Waals surface area contributed by atoms with E-state index in [0.29, 0.717) is 6.61 Å². The molecule has 0 radical (unpaired) electrons. The summed E-state index contributed by atoms with van der Waals surface area (Å²) in [5.41, 5.74) is 1.18. The van der Waals surface area contributed by atoms with Gasteiger partial charge in [-0.3, -0.25) is 4.90 Å². The van der Waals surface area contributed by atoms with E-state index < -0.39 is 0 Å². The molecule has 2 aromatic rings. The highest BCUT2D eigenvalue weighted by Crippen LogP contribution is 2.17. The maximum Gasteiger partial charge on any atom is 0.123 e. The Hall–Kier alpha value is -1.78. The normalized spacial score (nSPS) is 11.0. The Morgan fingerprint density at radius 2 is 2.00 bits per heavy atom. The van der Waals surface area contributed by atoms with Crippen LogP contribution in [0.2, 0.25) is 0 Å². The van der Waals surface area contributed by atoms with Crippen LogP contribution in [0, 0.1) is 6.92 Å². The minimum absolute atomic E-state index is 0.664. The van der Waals surface area contributed by atoms with Crippen molar-refractivity contribution in [1.29, 1.82) is 0 Å². The summed E-state index contributed by atoms with van der Waals surface area (Å²) in [6, 6.07) is 12.2. The van der Waals surface area contributed by atoms with Gasteiger partial charge in [-0.15, -0.1) is 0 Å². The smallest absolute Gasteiger partial charge is 0.123 e. The van der Waals surface area contributed by atoms with Gasteiger partial charge in [-0.1, -0.05) is 18.2 Å². The Balaban J connectivity index is 1.78. The molecule has 1 aromatic heterocycles. The molecule has 1 N–H and O–H groups in total. The van der Waals surface area contributed by atoms with Gasteiger partial charge in [-0.05, 0) is 39.2 Å². The van der Waals surface area contributed by atoms with Crippen LogP contribution < -0.4 is 10.1 Å². The summed E-state index contributed by atoms with van der Waals surface area (Å²) in [5, 5.41) is 3.16. The zero-order chi connectivity index (χ0) is 15.1. The van der Waals surface area contributed by atoms with Crippen molar-refractivity contribution in [2.75, 3.05) is 27.2 Å². The summed E-state index contributed by atoms with van der Waals surface area (Å²) < 4.78 is 11.5. The molecule has 0 bridgehead atoms. The van der Waals surface area contributed by atoms with Crippen molar-refractivity contribution < 1.29 is 9.15 Å². The number of benzene rings is 1. The molecule has 0 spiro atoms. The van der Waals surface area contributed by atoms with Crippen molar-refractivity contribution in [3.63, 3.8) is 0 Å². The average molecular weight is 288 g/mol. The van der Waals surface area contributed by atoms with E-state index in [1.807, 2.05) is 44.3 Å². The van der Waals surface area contributed by atoms with Crippen molar-refractivity contribution in [2.24, 2.45) is 0 Å². The molecule has 1 aromatic carbocycles. The first kappa shape index (κ1) is 15.6. The van der Waals surface area contributed by atoms with E-state index in [-0.39, 0.29) is 0 Å². The minimum Gasteiger partial charge on any atom is -0.492 e. The summed E-state index contributed by atoms with van der Waals surface area (Å²) in [6.45, 7) is 5.10. The molecular weight excluding hydrogens is 264 g/mol. The Labute approximate surface area is 126 Å². The highest BCUT2D eigenvalue weighted by molar-refractivity contribution is 5.33. The van der Waals surface area contributed by atoms with E-state index in [9.17, 15) is 0 Å². The van der Waals surface area contributed by atoms with Crippen LogP contribution in [0.3, 0.4) is 0 Å². The third-order valence-electron chi connectivity index (χ3n) is 3.29. The molecule has 2 rings (SSSR count). The molecule has 4 nitrogen and oxygen atoms in total. The Morgan fingerprint density at radius 1 is 1.19 bits per heavy atom. The van der Waals surface area contributed by atoms with Gasteiger partial charge in [-0.25, -0.2) is 0 Å². The van der Waals surface area contributed by atoms with Gasteiger partial charge < -0.3 is 14.5 Å². The molecule has 0 atom stereocenters. The Kier molecular flexibility index (Phi) is 5.84. The molecule has 1 heterocycles. The maximum absolute atomic E-state index is 5.89. The van der Waals surface area contributed by atoms with Gasteiger partial charge in [-0.2, -0.15) is 0 Å². The molecule has 0 saturated carbocycles. The summed E-state index contributed by atoms with van der Waals surface area (Å²) in [4.78, 5) is 2.19. The Bertz CT molecular complexity index is 551. The number of nitrogens with one attached hydrogen (secondary N) is 1. The molecule has 114 valence electrons. The zero-order valence-corrected chi connectivity index (χ0v) is 13.1. The number of ether oxygens (including phenoxy) is 1. The van der Waals surface area contributed by atoms with Crippen molar-refractivity contribution in [2.45, 2.75) is 20.0 Å². The molecule has 0 fully saturated rings. The molecule has 0 aliphatic heterocycles. The van der Waals surface area contributed by atoms with E-state index in [0.717, 1.165) is 36.9 Å². The third-order valence-corrected chi connectivity index (χ3v) is 3.29. The topological polar surface area (TPSA) is 37.6 Å². The monoisotopic (exact) mass is 288 g/mol. The number of para-hydroxylation sites is 1. The maximum atomic E-state index is 5.89. The zero-order valence-electron chi connectivity index (χ0n) is 13.1. The largest absolute Gasteiger partial charge is 0.492 e. The second kappa shape index (κ2) is 7.86. The van der Waals surface area contributed by atoms with Crippen LogP contribution in [-0.4, -0.2) is 32.1 Å². The number of rotatable bonds is 8. The molecule has 0 aliphatic rings. The van der Waals surface area contributed by atoms with E-state index in [2.05, 4.69) is 23.3 Å². The number of nitrogens with zero attached hydrogens (tertiary/aromatic N) is 1. The molecule has 4 heteroatoms. The first-order valence-electron chi connectivity index (χ1n) is 7.28. The van der Waals surface area contributed by atoms with Crippen molar-refractivity contribution in [3.05, 3.63) is 53.5 Å². The third kappa shape index (κ3) is 4.92. The number of hydrogen-bond donors (Lipinski definition) is 1. The fraction of sp³-hybridized carbons (Fsp3) is 0.412. The van der Waals surface area contributed by atoms with Crippen LogP contribution in [-0.2, 0) is 13.1 Å². The number of furan rings is 1. The summed E-state index contributed by atoms with van der Waals surface area (Å²) in [7, 11) is 4.01. The quantitative estimate of drug-likeness (QED) is 0.810. The van der Waals surface area contributed by atoms with E-state index in [4.69, 9.17) is 9.15 Å². The summed E-state index contributed by atoms with van der Waals surface area (Å²) in [6.07, 6.45) is 0. The molecule has 21 heavy (non-hydrogen) atoms. The molecule has 0 saturated heterocycles. The fourth-order valence-electron chi connectivity index (χ4n) is 2.21. The lowest BCUT2D eigenvalue weighted by molar-refractivity contribution is 0.220. The average Bonchev–Trinajstić information content (AvgIpc) is 2.86. The van der Waals surface area contributed by atoms with E-state index in [1.165, 1.54) is 5.56 Å². The summed E-state index contributed by atoms with van der Waals surface area (Å²) >= 11 is 0. The number of aryl methyl sites for hydroxylation is 1. The standard InChI is InChI=1S/C17H24N2O2/c1-14-8-9-16(21-14)13-19(3)10-11-20-17-7-5-4-6-15(17)12-18-2/h4-9,18H,10-13H2,1-3H3. The lowest BCUT2D eigenvalue weighted by atomic mass is 10.2. The van der Waals surface area contributed by atoms with Gasteiger partial charge in [0.05, 0.1) is 6.54 Å². The Morgan fingerprint density at radius 3 is 2.71 bits per heavy atom. The van der Waals surface area contributed by atoms with Gasteiger partial charge in [0.15, 0.2) is 0 Å². The lowest BCUT2D eigenvalue weighted by Crippen LogP contribution is -2.24. The summed E-state index contributed by atoms with van der Waals surface area (Å²) in [5.74, 6) is 2.90. The highest BCUT2D eigenvalue weighted by Gasteiger charge is 2.06. The second-order valence-electron chi connectivity index (χ2n) is 5.24. The second-order valence-corrected chi connectivity index (χ2v) is 5.24.